The van der Waals surface area contributed by atoms with E-state index in [0.717, 1.165) is 18.8 Å². The molecule has 0 bridgehead atoms. The van der Waals surface area contributed by atoms with Crippen molar-refractivity contribution in [2.45, 2.75) is 5.92 Å². The normalized spacial score (nSPS) is 20.5. The number of hydrogen-bond donors (Lipinski definition) is 1. The minimum atomic E-state index is -0.326. The Bertz CT molecular complexity index is 654. The van der Waals surface area contributed by atoms with Crippen LogP contribution in [0.1, 0.15) is 21.8 Å². The molecule has 1 aliphatic heterocycles. The summed E-state index contributed by atoms with van der Waals surface area (Å²) in [5.74, 6) is 0.215. The molecular weight excluding hydrogens is 290 g/mol. The maximum atomic E-state index is 11.5. The van der Waals surface area contributed by atoms with Crippen molar-refractivity contribution in [3.05, 3.63) is 65.7 Å². The molecule has 1 N–H and O–H groups in total. The van der Waals surface area contributed by atoms with E-state index >= 15 is 0 Å². The lowest BCUT2D eigenvalue weighted by atomic mass is 9.90. The molecule has 0 radical (unpaired) electrons. The van der Waals surface area contributed by atoms with Gasteiger partial charge in [-0.25, -0.2) is 4.79 Å². The molecule has 0 amide bonds. The largest absolute Gasteiger partial charge is 0.465 e. The molecule has 0 spiro atoms. The Labute approximate surface area is 136 Å². The third kappa shape index (κ3) is 3.22. The number of carbonyl (C=O) groups is 1. The summed E-state index contributed by atoms with van der Waals surface area (Å²) in [6, 6.07) is 17.8. The second kappa shape index (κ2) is 6.84. The highest BCUT2D eigenvalue weighted by Crippen LogP contribution is 2.35. The number of rotatable bonds is 4. The van der Waals surface area contributed by atoms with Gasteiger partial charge in [-0.05, 0) is 29.8 Å². The Morgan fingerprint density at radius 2 is 1.83 bits per heavy atom. The first-order chi connectivity index (χ1) is 11.2. The summed E-state index contributed by atoms with van der Waals surface area (Å²) in [6.07, 6.45) is 0. The number of esters is 1. The number of anilines is 1. The van der Waals surface area contributed by atoms with Crippen LogP contribution in [0.2, 0.25) is 0 Å². The number of carbonyl (C=O) groups excluding carboxylic acids is 1. The SMILES string of the molecule is COC(=O)c1ccc(N2C[C@H](CO)[C@@H](c3ccccc3)C2)cc1. The standard InChI is InChI=1S/C19H21NO3/c1-23-19(22)15-7-9-17(10-8-15)20-11-16(13-21)18(12-20)14-5-3-2-4-6-14/h2-10,16,18,21H,11-13H2,1H3/t16-,18-/m1/s1. The first kappa shape index (κ1) is 15.6. The molecule has 1 heterocycles. The van der Waals surface area contributed by atoms with Gasteiger partial charge in [0.2, 0.25) is 0 Å². The average Bonchev–Trinajstić information content (AvgIpc) is 3.06. The highest BCUT2D eigenvalue weighted by atomic mass is 16.5. The Morgan fingerprint density at radius 3 is 2.43 bits per heavy atom. The Balaban J connectivity index is 1.78. The van der Waals surface area contributed by atoms with Crippen molar-refractivity contribution in [2.24, 2.45) is 5.92 Å². The van der Waals surface area contributed by atoms with Crippen LogP contribution in [0.15, 0.2) is 54.6 Å². The first-order valence-electron chi connectivity index (χ1n) is 7.82. The highest BCUT2D eigenvalue weighted by Gasteiger charge is 2.33. The Kier molecular flexibility index (Phi) is 4.63. The van der Waals surface area contributed by atoms with E-state index in [9.17, 15) is 9.90 Å². The summed E-state index contributed by atoms with van der Waals surface area (Å²) in [7, 11) is 1.38. The van der Waals surface area contributed by atoms with Gasteiger partial charge in [0, 0.05) is 37.2 Å². The molecular formula is C19H21NO3. The molecule has 2 atom stereocenters. The minimum absolute atomic E-state index is 0.177. The number of aliphatic hydroxyl groups is 1. The van der Waals surface area contributed by atoms with Gasteiger partial charge < -0.3 is 14.7 Å². The van der Waals surface area contributed by atoms with Crippen LogP contribution in [0.3, 0.4) is 0 Å². The van der Waals surface area contributed by atoms with Gasteiger partial charge in [-0.15, -0.1) is 0 Å². The van der Waals surface area contributed by atoms with E-state index in [1.165, 1.54) is 12.7 Å². The number of nitrogens with zero attached hydrogens (tertiary/aromatic N) is 1. The van der Waals surface area contributed by atoms with E-state index in [1.54, 1.807) is 12.1 Å². The second-order valence-electron chi connectivity index (χ2n) is 5.90. The molecule has 23 heavy (non-hydrogen) atoms. The number of aliphatic hydroxyl groups excluding tert-OH is 1. The lowest BCUT2D eigenvalue weighted by Gasteiger charge is -2.19. The van der Waals surface area contributed by atoms with Gasteiger partial charge in [0.1, 0.15) is 0 Å². The minimum Gasteiger partial charge on any atom is -0.465 e. The van der Waals surface area contributed by atoms with Gasteiger partial charge in [0.05, 0.1) is 12.7 Å². The number of methoxy groups -OCH3 is 1. The van der Waals surface area contributed by atoms with E-state index in [-0.39, 0.29) is 18.5 Å². The van der Waals surface area contributed by atoms with E-state index < -0.39 is 0 Å². The predicted molar refractivity (Wildman–Crippen MR) is 89.8 cm³/mol. The lowest BCUT2D eigenvalue weighted by Crippen LogP contribution is -2.20. The zero-order valence-electron chi connectivity index (χ0n) is 13.2. The maximum absolute atomic E-state index is 11.5. The van der Waals surface area contributed by atoms with Gasteiger partial charge in [-0.1, -0.05) is 30.3 Å². The monoisotopic (exact) mass is 311 g/mol. The third-order valence-corrected chi connectivity index (χ3v) is 4.56. The molecule has 4 heteroatoms. The summed E-state index contributed by atoms with van der Waals surface area (Å²) in [5, 5.41) is 9.72. The van der Waals surface area contributed by atoms with E-state index in [4.69, 9.17) is 4.74 Å². The Morgan fingerprint density at radius 1 is 1.13 bits per heavy atom. The van der Waals surface area contributed by atoms with Crippen molar-refractivity contribution < 1.29 is 14.6 Å². The second-order valence-corrected chi connectivity index (χ2v) is 5.90. The van der Waals surface area contributed by atoms with E-state index in [1.807, 2.05) is 30.3 Å². The summed E-state index contributed by atoms with van der Waals surface area (Å²) >= 11 is 0. The molecule has 0 aliphatic carbocycles. The van der Waals surface area contributed by atoms with E-state index in [2.05, 4.69) is 17.0 Å². The molecule has 2 aromatic carbocycles. The van der Waals surface area contributed by atoms with Crippen LogP contribution in [0, 0.1) is 5.92 Å². The van der Waals surface area contributed by atoms with Crippen LogP contribution in [0.5, 0.6) is 0 Å². The predicted octanol–water partition coefficient (Wildman–Crippen LogP) is 2.69. The van der Waals surface area contributed by atoms with Crippen molar-refractivity contribution >= 4 is 11.7 Å². The zero-order chi connectivity index (χ0) is 16.2. The first-order valence-corrected chi connectivity index (χ1v) is 7.82. The smallest absolute Gasteiger partial charge is 0.337 e. The third-order valence-electron chi connectivity index (χ3n) is 4.56. The molecule has 4 nitrogen and oxygen atoms in total. The molecule has 0 unspecified atom stereocenters. The van der Waals surface area contributed by atoms with Gasteiger partial charge >= 0.3 is 5.97 Å². The van der Waals surface area contributed by atoms with Crippen molar-refractivity contribution in [3.63, 3.8) is 0 Å². The highest BCUT2D eigenvalue weighted by molar-refractivity contribution is 5.89. The molecule has 0 saturated carbocycles. The summed E-state index contributed by atoms with van der Waals surface area (Å²) in [6.45, 7) is 1.86. The summed E-state index contributed by atoms with van der Waals surface area (Å²) < 4.78 is 4.73. The number of benzene rings is 2. The van der Waals surface area contributed by atoms with Crippen LogP contribution in [0.4, 0.5) is 5.69 Å². The molecule has 3 rings (SSSR count). The van der Waals surface area contributed by atoms with Crippen molar-refractivity contribution in [3.8, 4) is 0 Å². The van der Waals surface area contributed by atoms with Gasteiger partial charge in [0.25, 0.3) is 0 Å². The zero-order valence-corrected chi connectivity index (χ0v) is 13.2. The van der Waals surface area contributed by atoms with Crippen LogP contribution < -0.4 is 4.90 Å². The van der Waals surface area contributed by atoms with Crippen LogP contribution in [0.25, 0.3) is 0 Å². The summed E-state index contributed by atoms with van der Waals surface area (Å²) in [5.41, 5.74) is 2.88. The summed E-state index contributed by atoms with van der Waals surface area (Å²) in [4.78, 5) is 13.8. The molecule has 1 aliphatic rings. The molecule has 1 fully saturated rings. The quantitative estimate of drug-likeness (QED) is 0.882. The maximum Gasteiger partial charge on any atom is 0.337 e. The Hall–Kier alpha value is -2.33. The van der Waals surface area contributed by atoms with Crippen LogP contribution in [-0.2, 0) is 4.74 Å². The number of ether oxygens (including phenoxy) is 1. The topological polar surface area (TPSA) is 49.8 Å². The molecule has 0 aromatic heterocycles. The lowest BCUT2D eigenvalue weighted by molar-refractivity contribution is 0.0601. The van der Waals surface area contributed by atoms with Gasteiger partial charge in [0.15, 0.2) is 0 Å². The molecule has 2 aromatic rings. The average molecular weight is 311 g/mol. The van der Waals surface area contributed by atoms with Crippen molar-refractivity contribution in [1.29, 1.82) is 0 Å². The molecule has 1 saturated heterocycles. The fourth-order valence-electron chi connectivity index (χ4n) is 3.27. The van der Waals surface area contributed by atoms with Crippen LogP contribution >= 0.6 is 0 Å². The molecule has 120 valence electrons. The fourth-order valence-corrected chi connectivity index (χ4v) is 3.27. The van der Waals surface area contributed by atoms with Crippen molar-refractivity contribution in [2.75, 3.05) is 31.7 Å². The van der Waals surface area contributed by atoms with E-state index in [0.29, 0.717) is 11.5 Å². The van der Waals surface area contributed by atoms with Crippen LogP contribution in [-0.4, -0.2) is 37.9 Å². The van der Waals surface area contributed by atoms with Gasteiger partial charge in [-0.3, -0.25) is 0 Å². The number of hydrogen-bond acceptors (Lipinski definition) is 4. The van der Waals surface area contributed by atoms with Crippen molar-refractivity contribution in [1.82, 2.24) is 0 Å². The van der Waals surface area contributed by atoms with Gasteiger partial charge in [-0.2, -0.15) is 0 Å². The fraction of sp³-hybridized carbons (Fsp3) is 0.316.